The van der Waals surface area contributed by atoms with Crippen LogP contribution in [0.3, 0.4) is 0 Å². The van der Waals surface area contributed by atoms with Crippen LogP contribution in [0.1, 0.15) is 28.5 Å². The van der Waals surface area contributed by atoms with E-state index in [4.69, 9.17) is 15.9 Å². The molecule has 0 bridgehead atoms. The third-order valence-corrected chi connectivity index (χ3v) is 6.08. The number of aliphatic carboxylic acids is 1. The van der Waals surface area contributed by atoms with Gasteiger partial charge in [0.25, 0.3) is 0 Å². The Kier molecular flexibility index (Phi) is 5.46. The van der Waals surface area contributed by atoms with Gasteiger partial charge >= 0.3 is 5.97 Å². The Balaban J connectivity index is 1.52. The minimum absolute atomic E-state index is 0.0134. The first-order chi connectivity index (χ1) is 14.0. The number of hydrogen-bond donors (Lipinski definition) is 4. The number of nitrogen functional groups attached to an aromatic ring is 1. The summed E-state index contributed by atoms with van der Waals surface area (Å²) in [6.07, 6.45) is 1.44. The predicted octanol–water partition coefficient (Wildman–Crippen LogP) is 2.73. The van der Waals surface area contributed by atoms with Gasteiger partial charge in [0.05, 0.1) is 21.1 Å². The topological polar surface area (TPSA) is 121 Å². The van der Waals surface area contributed by atoms with Crippen LogP contribution >= 0.6 is 11.3 Å². The first-order valence-electron chi connectivity index (χ1n) is 9.43. The monoisotopic (exact) mass is 410 g/mol. The molecule has 8 heteroatoms. The van der Waals surface area contributed by atoms with Gasteiger partial charge in [-0.2, -0.15) is 0 Å². The smallest absolute Gasteiger partial charge is 0.311 e. The molecule has 0 amide bonds. The molecular formula is C21H22N4O3S. The molecule has 5 N–H and O–H groups in total. The Morgan fingerprint density at radius 2 is 2.14 bits per heavy atom. The van der Waals surface area contributed by atoms with Crippen LogP contribution in [-0.2, 0) is 11.2 Å². The van der Waals surface area contributed by atoms with Crippen molar-refractivity contribution in [1.29, 1.82) is 5.41 Å². The molecule has 1 aromatic heterocycles. The van der Waals surface area contributed by atoms with Crippen molar-refractivity contribution in [3.63, 3.8) is 0 Å². The van der Waals surface area contributed by atoms with Crippen LogP contribution in [0.25, 0.3) is 10.2 Å². The highest BCUT2D eigenvalue weighted by Crippen LogP contribution is 2.29. The molecular weight excluding hydrogens is 388 g/mol. The van der Waals surface area contributed by atoms with Crippen molar-refractivity contribution >= 4 is 33.4 Å². The van der Waals surface area contributed by atoms with Crippen LogP contribution in [0, 0.1) is 5.41 Å². The van der Waals surface area contributed by atoms with Gasteiger partial charge < -0.3 is 20.9 Å². The molecule has 150 valence electrons. The number of ether oxygens (including phenoxy) is 1. The summed E-state index contributed by atoms with van der Waals surface area (Å²) in [7, 11) is 0. The van der Waals surface area contributed by atoms with Crippen LogP contribution in [-0.4, -0.2) is 41.1 Å². The zero-order valence-electron chi connectivity index (χ0n) is 15.7. The van der Waals surface area contributed by atoms with E-state index in [1.807, 2.05) is 30.3 Å². The number of amidine groups is 1. The summed E-state index contributed by atoms with van der Waals surface area (Å²) in [5.41, 5.74) is 7.60. The highest BCUT2D eigenvalue weighted by atomic mass is 32.1. The van der Waals surface area contributed by atoms with Gasteiger partial charge in [0.2, 0.25) is 0 Å². The standard InChI is InChI=1S/C21H22N4O3S/c22-20(23)13-3-6-18-17(9-13)25-19(29-18)10-16(21(26)27)12-1-4-14(5-2-12)28-15-7-8-24-11-15/h1-6,9,15-16,24H,7-8,10-11H2,(H3,22,23)(H,26,27)/t15-,16?/m0/s1. The van der Waals surface area contributed by atoms with Crippen LogP contribution in [0.2, 0.25) is 0 Å². The maximum absolute atomic E-state index is 11.9. The Hall–Kier alpha value is -2.97. The lowest BCUT2D eigenvalue weighted by Gasteiger charge is -2.15. The molecule has 1 aliphatic heterocycles. The molecule has 2 heterocycles. The number of hydrogen-bond acceptors (Lipinski definition) is 6. The zero-order valence-corrected chi connectivity index (χ0v) is 16.5. The van der Waals surface area contributed by atoms with E-state index in [2.05, 4.69) is 10.3 Å². The van der Waals surface area contributed by atoms with E-state index < -0.39 is 11.9 Å². The van der Waals surface area contributed by atoms with Crippen molar-refractivity contribution in [2.75, 3.05) is 13.1 Å². The molecule has 1 unspecified atom stereocenters. The van der Waals surface area contributed by atoms with E-state index in [-0.39, 0.29) is 11.9 Å². The summed E-state index contributed by atoms with van der Waals surface area (Å²) >= 11 is 1.47. The van der Waals surface area contributed by atoms with Crippen molar-refractivity contribution < 1.29 is 14.6 Å². The first kappa shape index (κ1) is 19.4. The lowest BCUT2D eigenvalue weighted by molar-refractivity contribution is -0.138. The second kappa shape index (κ2) is 8.18. The Bertz CT molecular complexity index is 1040. The molecule has 0 radical (unpaired) electrons. The third-order valence-electron chi connectivity index (χ3n) is 5.02. The normalized spacial score (nSPS) is 17.3. The molecule has 29 heavy (non-hydrogen) atoms. The van der Waals surface area contributed by atoms with Crippen molar-refractivity contribution in [3.05, 3.63) is 58.6 Å². The number of nitrogens with zero attached hydrogens (tertiary/aromatic N) is 1. The highest BCUT2D eigenvalue weighted by Gasteiger charge is 2.23. The zero-order chi connectivity index (χ0) is 20.4. The molecule has 0 aliphatic carbocycles. The summed E-state index contributed by atoms with van der Waals surface area (Å²) in [6.45, 7) is 1.79. The maximum Gasteiger partial charge on any atom is 0.311 e. The summed E-state index contributed by atoms with van der Waals surface area (Å²) in [6, 6.07) is 12.7. The summed E-state index contributed by atoms with van der Waals surface area (Å²) in [5.74, 6) is -0.837. The van der Waals surface area contributed by atoms with Crippen molar-refractivity contribution in [1.82, 2.24) is 10.3 Å². The molecule has 1 saturated heterocycles. The minimum atomic E-state index is -0.887. The number of benzene rings is 2. The van der Waals surface area contributed by atoms with Crippen LogP contribution in [0.5, 0.6) is 5.75 Å². The number of nitrogens with two attached hydrogens (primary N) is 1. The number of thiazole rings is 1. The molecule has 7 nitrogen and oxygen atoms in total. The largest absolute Gasteiger partial charge is 0.489 e. The maximum atomic E-state index is 11.9. The fourth-order valence-corrected chi connectivity index (χ4v) is 4.45. The average molecular weight is 410 g/mol. The fourth-order valence-electron chi connectivity index (χ4n) is 3.45. The lowest BCUT2D eigenvalue weighted by atomic mass is 9.96. The van der Waals surface area contributed by atoms with E-state index in [0.717, 1.165) is 46.0 Å². The van der Waals surface area contributed by atoms with Gasteiger partial charge in [-0.15, -0.1) is 11.3 Å². The molecule has 3 aromatic rings. The van der Waals surface area contributed by atoms with Gasteiger partial charge in [0.15, 0.2) is 0 Å². The number of carbonyl (C=O) groups is 1. The predicted molar refractivity (Wildman–Crippen MR) is 113 cm³/mol. The van der Waals surface area contributed by atoms with E-state index in [9.17, 15) is 9.90 Å². The van der Waals surface area contributed by atoms with Gasteiger partial charge in [0, 0.05) is 18.5 Å². The van der Waals surface area contributed by atoms with Gasteiger partial charge in [-0.05, 0) is 48.9 Å². The van der Waals surface area contributed by atoms with Crippen molar-refractivity contribution in [2.45, 2.75) is 24.9 Å². The summed E-state index contributed by atoms with van der Waals surface area (Å²) in [5, 5.41) is 21.3. The quantitative estimate of drug-likeness (QED) is 0.351. The number of fused-ring (bicyclic) bond motifs is 1. The molecule has 0 saturated carbocycles. The molecule has 1 aliphatic rings. The third kappa shape index (κ3) is 4.38. The Morgan fingerprint density at radius 3 is 2.79 bits per heavy atom. The Labute approximate surface area is 172 Å². The fraction of sp³-hybridized carbons (Fsp3) is 0.286. The lowest BCUT2D eigenvalue weighted by Crippen LogP contribution is -2.19. The second-order valence-electron chi connectivity index (χ2n) is 7.10. The van der Waals surface area contributed by atoms with Gasteiger partial charge in [-0.3, -0.25) is 10.2 Å². The van der Waals surface area contributed by atoms with E-state index in [1.54, 1.807) is 12.1 Å². The average Bonchev–Trinajstić information content (AvgIpc) is 3.35. The molecule has 1 fully saturated rings. The molecule has 2 aromatic carbocycles. The number of aromatic nitrogens is 1. The van der Waals surface area contributed by atoms with Crippen LogP contribution in [0.4, 0.5) is 0 Å². The van der Waals surface area contributed by atoms with Crippen LogP contribution in [0.15, 0.2) is 42.5 Å². The number of nitrogens with one attached hydrogen (secondary N) is 2. The first-order valence-corrected chi connectivity index (χ1v) is 10.3. The van der Waals surface area contributed by atoms with Crippen LogP contribution < -0.4 is 15.8 Å². The van der Waals surface area contributed by atoms with Crippen molar-refractivity contribution in [2.24, 2.45) is 5.73 Å². The number of rotatable bonds is 7. The van der Waals surface area contributed by atoms with Crippen molar-refractivity contribution in [3.8, 4) is 5.75 Å². The molecule has 0 spiro atoms. The number of carboxylic acids is 1. The van der Waals surface area contributed by atoms with Gasteiger partial charge in [-0.25, -0.2) is 4.98 Å². The van der Waals surface area contributed by atoms with E-state index >= 15 is 0 Å². The minimum Gasteiger partial charge on any atom is -0.489 e. The number of carboxylic acid groups (broad SMARTS) is 1. The van der Waals surface area contributed by atoms with E-state index in [1.165, 1.54) is 11.3 Å². The molecule has 4 rings (SSSR count). The SMILES string of the molecule is N=C(N)c1ccc2sc(CC(C(=O)O)c3ccc(O[C@H]4CCNC4)cc3)nc2c1. The summed E-state index contributed by atoms with van der Waals surface area (Å²) < 4.78 is 6.86. The van der Waals surface area contributed by atoms with Gasteiger partial charge in [0.1, 0.15) is 17.7 Å². The summed E-state index contributed by atoms with van der Waals surface area (Å²) in [4.78, 5) is 16.5. The molecule has 2 atom stereocenters. The van der Waals surface area contributed by atoms with E-state index in [0.29, 0.717) is 12.0 Å². The highest BCUT2D eigenvalue weighted by molar-refractivity contribution is 7.18. The van der Waals surface area contributed by atoms with Gasteiger partial charge in [-0.1, -0.05) is 12.1 Å². The Morgan fingerprint density at radius 1 is 1.34 bits per heavy atom. The second-order valence-corrected chi connectivity index (χ2v) is 8.22.